The highest BCUT2D eigenvalue weighted by Gasteiger charge is 2.25. The summed E-state index contributed by atoms with van der Waals surface area (Å²) in [5.41, 5.74) is 15.2. The van der Waals surface area contributed by atoms with Crippen molar-refractivity contribution in [2.75, 3.05) is 0 Å². The molecule has 0 bridgehead atoms. The van der Waals surface area contributed by atoms with Crippen LogP contribution in [0.2, 0.25) is 0 Å². The molecule has 0 aliphatic rings. The van der Waals surface area contributed by atoms with E-state index in [9.17, 15) is 0 Å². The molecule has 4 heterocycles. The summed E-state index contributed by atoms with van der Waals surface area (Å²) in [4.78, 5) is 16.4. The zero-order valence-corrected chi connectivity index (χ0v) is 37.3. The Balaban J connectivity index is 1.08. The number of hydrogen-bond donors (Lipinski definition) is 0. The van der Waals surface area contributed by atoms with Crippen molar-refractivity contribution in [2.24, 2.45) is 0 Å². The summed E-state index contributed by atoms with van der Waals surface area (Å²) < 4.78 is 7.07. The minimum absolute atomic E-state index is 0.551. The molecule has 14 aromatic rings. The summed E-state index contributed by atoms with van der Waals surface area (Å²) in [5, 5.41) is 6.74. The van der Waals surface area contributed by atoms with Crippen molar-refractivity contribution in [1.82, 2.24) is 28.7 Å². The normalized spacial score (nSPS) is 11.8. The Hall–Kier alpha value is -9.39. The molecule has 0 N–H and O–H groups in total. The monoisotopic (exact) mass is 880 g/mol. The van der Waals surface area contributed by atoms with Crippen molar-refractivity contribution in [2.45, 2.75) is 0 Å². The largest absolute Gasteiger partial charge is 0.309 e. The second-order valence-electron chi connectivity index (χ2n) is 17.6. The summed E-state index contributed by atoms with van der Waals surface area (Å²) in [6.45, 7) is 0. The summed E-state index contributed by atoms with van der Waals surface area (Å²) in [6.07, 6.45) is 0. The Morgan fingerprint density at radius 3 is 1.52 bits per heavy atom. The van der Waals surface area contributed by atoms with E-state index in [0.29, 0.717) is 17.6 Å². The maximum atomic E-state index is 5.58. The van der Waals surface area contributed by atoms with Gasteiger partial charge in [0.05, 0.1) is 38.8 Å². The van der Waals surface area contributed by atoms with Gasteiger partial charge < -0.3 is 9.13 Å². The van der Waals surface area contributed by atoms with Crippen LogP contribution >= 0.6 is 0 Å². The van der Waals surface area contributed by atoms with Gasteiger partial charge in [-0.15, -0.1) is 0 Å². The molecule has 6 heteroatoms. The van der Waals surface area contributed by atoms with Gasteiger partial charge in [-0.2, -0.15) is 9.97 Å². The fourth-order valence-electron chi connectivity index (χ4n) is 10.7. The van der Waals surface area contributed by atoms with Crippen molar-refractivity contribution < 1.29 is 0 Å². The van der Waals surface area contributed by atoms with E-state index in [2.05, 4.69) is 238 Å². The van der Waals surface area contributed by atoms with Crippen LogP contribution in [-0.2, 0) is 0 Å². The van der Waals surface area contributed by atoms with Crippen LogP contribution in [0.25, 0.3) is 128 Å². The number of benzene rings is 10. The Morgan fingerprint density at radius 2 is 0.812 bits per heavy atom. The summed E-state index contributed by atoms with van der Waals surface area (Å²) in [6, 6.07) is 86.2. The number of para-hydroxylation sites is 4. The van der Waals surface area contributed by atoms with E-state index in [1.165, 1.54) is 11.1 Å². The molecule has 0 spiro atoms. The average molecular weight is 881 g/mol. The van der Waals surface area contributed by atoms with Crippen LogP contribution in [0.1, 0.15) is 0 Å². The van der Waals surface area contributed by atoms with Crippen LogP contribution in [0.4, 0.5) is 0 Å². The molecule has 322 valence electrons. The maximum absolute atomic E-state index is 5.58. The molecular formula is C63H40N6. The van der Waals surface area contributed by atoms with E-state index < -0.39 is 0 Å². The molecular weight excluding hydrogens is 841 g/mol. The van der Waals surface area contributed by atoms with Gasteiger partial charge in [-0.05, 0) is 71.3 Å². The highest BCUT2D eigenvalue weighted by Crippen LogP contribution is 2.45. The summed E-state index contributed by atoms with van der Waals surface area (Å²) in [5.74, 6) is 1.76. The zero-order chi connectivity index (χ0) is 45.4. The molecule has 0 aliphatic heterocycles. The van der Waals surface area contributed by atoms with Gasteiger partial charge in [0.1, 0.15) is 0 Å². The van der Waals surface area contributed by atoms with Crippen LogP contribution in [0.5, 0.6) is 0 Å². The van der Waals surface area contributed by atoms with Crippen LogP contribution in [0.15, 0.2) is 243 Å². The third kappa shape index (κ3) is 6.09. The van der Waals surface area contributed by atoms with Gasteiger partial charge in [-0.3, -0.25) is 4.57 Å². The van der Waals surface area contributed by atoms with E-state index >= 15 is 0 Å². The first-order valence-corrected chi connectivity index (χ1v) is 23.4. The predicted molar refractivity (Wildman–Crippen MR) is 285 cm³/mol. The minimum Gasteiger partial charge on any atom is -0.309 e. The highest BCUT2D eigenvalue weighted by molar-refractivity contribution is 6.26. The van der Waals surface area contributed by atoms with Crippen molar-refractivity contribution >= 4 is 65.4 Å². The van der Waals surface area contributed by atoms with Gasteiger partial charge in [0.15, 0.2) is 11.6 Å². The van der Waals surface area contributed by atoms with Crippen molar-refractivity contribution in [3.63, 3.8) is 0 Å². The van der Waals surface area contributed by atoms with E-state index in [0.717, 1.165) is 99.0 Å². The van der Waals surface area contributed by atoms with E-state index in [1.54, 1.807) is 0 Å². The first-order valence-electron chi connectivity index (χ1n) is 23.4. The van der Waals surface area contributed by atoms with E-state index in [1.807, 2.05) is 18.2 Å². The molecule has 0 fully saturated rings. The molecule has 0 saturated heterocycles. The first kappa shape index (κ1) is 38.8. The Morgan fingerprint density at radius 1 is 0.275 bits per heavy atom. The summed E-state index contributed by atoms with van der Waals surface area (Å²) in [7, 11) is 0. The van der Waals surface area contributed by atoms with E-state index in [4.69, 9.17) is 15.0 Å². The zero-order valence-electron chi connectivity index (χ0n) is 37.3. The molecule has 0 saturated carbocycles. The highest BCUT2D eigenvalue weighted by atomic mass is 15.2. The van der Waals surface area contributed by atoms with Crippen LogP contribution in [0.3, 0.4) is 0 Å². The Labute approximate surface area is 397 Å². The number of nitrogens with zero attached hydrogens (tertiary/aromatic N) is 6. The van der Waals surface area contributed by atoms with Gasteiger partial charge in [0.2, 0.25) is 5.95 Å². The minimum atomic E-state index is 0.551. The predicted octanol–water partition coefficient (Wildman–Crippen LogP) is 15.8. The molecule has 14 rings (SSSR count). The van der Waals surface area contributed by atoms with Crippen LogP contribution < -0.4 is 0 Å². The summed E-state index contributed by atoms with van der Waals surface area (Å²) >= 11 is 0. The van der Waals surface area contributed by atoms with Crippen LogP contribution in [0, 0.1) is 0 Å². The standard InChI is InChI=1S/C63H40N6/c1-5-20-41(21-6-1)44-36-38-55(51(40-44)42-22-7-2-8-23-42)68-54-34-18-15-30-49(54)59-57(68)39-37-47-46-28-13-16-32-52(46)69(60(47)59)63-65-61(43-24-9-3-10-25-43)64-62(66-63)50-31-19-35-56-58(50)48-29-14-17-33-53(48)67(56)45-26-11-4-12-27-45/h1-40H. The van der Waals surface area contributed by atoms with Crippen molar-refractivity contribution in [1.29, 1.82) is 0 Å². The van der Waals surface area contributed by atoms with Crippen LogP contribution in [-0.4, -0.2) is 28.7 Å². The second kappa shape index (κ2) is 15.6. The topological polar surface area (TPSA) is 53.5 Å². The van der Waals surface area contributed by atoms with Gasteiger partial charge in [-0.1, -0.05) is 188 Å². The lowest BCUT2D eigenvalue weighted by atomic mass is 9.97. The van der Waals surface area contributed by atoms with Gasteiger partial charge in [-0.25, -0.2) is 4.98 Å². The second-order valence-corrected chi connectivity index (χ2v) is 17.6. The fraction of sp³-hybridized carbons (Fsp3) is 0. The van der Waals surface area contributed by atoms with Gasteiger partial charge >= 0.3 is 0 Å². The van der Waals surface area contributed by atoms with Gasteiger partial charge in [0, 0.05) is 54.7 Å². The molecule has 0 unspecified atom stereocenters. The Kier molecular flexibility index (Phi) is 8.79. The van der Waals surface area contributed by atoms with E-state index in [-0.39, 0.29) is 0 Å². The van der Waals surface area contributed by atoms with Gasteiger partial charge in [0.25, 0.3) is 0 Å². The third-order valence-electron chi connectivity index (χ3n) is 13.7. The molecule has 10 aromatic carbocycles. The molecule has 0 atom stereocenters. The quantitative estimate of drug-likeness (QED) is 0.160. The number of aromatic nitrogens is 6. The molecule has 6 nitrogen and oxygen atoms in total. The molecule has 0 radical (unpaired) electrons. The average Bonchev–Trinajstić information content (AvgIpc) is 4.07. The molecule has 0 amide bonds. The number of fused-ring (bicyclic) bond motifs is 10. The lowest BCUT2D eigenvalue weighted by Crippen LogP contribution is -2.06. The van der Waals surface area contributed by atoms with Crippen molar-refractivity contribution in [3.05, 3.63) is 243 Å². The lowest BCUT2D eigenvalue weighted by Gasteiger charge is -2.16. The fourth-order valence-corrected chi connectivity index (χ4v) is 10.7. The third-order valence-corrected chi connectivity index (χ3v) is 13.7. The van der Waals surface area contributed by atoms with Crippen molar-refractivity contribution in [3.8, 4) is 62.4 Å². The Bertz CT molecular complexity index is 4280. The maximum Gasteiger partial charge on any atom is 0.238 e. The number of rotatable bonds is 7. The molecule has 69 heavy (non-hydrogen) atoms. The smallest absolute Gasteiger partial charge is 0.238 e. The lowest BCUT2D eigenvalue weighted by molar-refractivity contribution is 0.956. The first-order chi connectivity index (χ1) is 34.3. The SMILES string of the molecule is c1ccc(-c2ccc(-n3c4ccccc4c4c3ccc3c5ccccc5n(-c5nc(-c6ccccc6)nc(-c6cccc7c6c6ccccc6n7-c6ccccc6)n5)c34)c(-c3ccccc3)c2)cc1. The molecule has 4 aromatic heterocycles. The molecule has 0 aliphatic carbocycles. The number of hydrogen-bond acceptors (Lipinski definition) is 3.